The summed E-state index contributed by atoms with van der Waals surface area (Å²) in [5.41, 5.74) is 0. The van der Waals surface area contributed by atoms with Crippen LogP contribution in [0.4, 0.5) is 0 Å². The lowest BCUT2D eigenvalue weighted by atomic mass is 9.99. The van der Waals surface area contributed by atoms with E-state index in [1.54, 1.807) is 0 Å². The van der Waals surface area contributed by atoms with Crippen molar-refractivity contribution in [1.29, 1.82) is 0 Å². The van der Waals surface area contributed by atoms with Crippen molar-refractivity contribution >= 4 is 0 Å². The van der Waals surface area contributed by atoms with Crippen LogP contribution >= 0.6 is 0 Å². The largest absolute Gasteiger partial charge is 0.396 e. The molecular formula is C10H19NO. The molecule has 0 aromatic heterocycles. The second-order valence-electron chi connectivity index (χ2n) is 4.31. The Labute approximate surface area is 74.6 Å². The first-order valence-electron chi connectivity index (χ1n) is 5.19. The summed E-state index contributed by atoms with van der Waals surface area (Å²) in [6.45, 7) is 3.92. The van der Waals surface area contributed by atoms with E-state index >= 15 is 0 Å². The maximum Gasteiger partial charge on any atom is 0.0474 e. The smallest absolute Gasteiger partial charge is 0.0474 e. The average Bonchev–Trinajstić information content (AvgIpc) is 2.44. The van der Waals surface area contributed by atoms with E-state index in [4.69, 9.17) is 5.11 Å². The van der Waals surface area contributed by atoms with Crippen LogP contribution in [0.15, 0.2) is 0 Å². The molecule has 0 amide bonds. The molecule has 3 atom stereocenters. The highest BCUT2D eigenvalue weighted by atomic mass is 16.3. The number of aliphatic hydroxyl groups excluding tert-OH is 1. The van der Waals surface area contributed by atoms with Crippen molar-refractivity contribution in [1.82, 2.24) is 4.90 Å². The Morgan fingerprint density at radius 3 is 2.92 bits per heavy atom. The maximum absolute atomic E-state index is 9.16. The van der Waals surface area contributed by atoms with Gasteiger partial charge < -0.3 is 5.11 Å². The highest BCUT2D eigenvalue weighted by molar-refractivity contribution is 4.93. The lowest BCUT2D eigenvalue weighted by Crippen LogP contribution is -2.39. The molecule has 2 rings (SSSR count). The maximum atomic E-state index is 9.16. The van der Waals surface area contributed by atoms with Crippen molar-refractivity contribution in [2.24, 2.45) is 5.92 Å². The molecule has 12 heavy (non-hydrogen) atoms. The molecule has 2 aliphatic rings. The average molecular weight is 169 g/mol. The van der Waals surface area contributed by atoms with Gasteiger partial charge >= 0.3 is 0 Å². The summed E-state index contributed by atoms with van der Waals surface area (Å²) in [4.78, 5) is 2.60. The van der Waals surface area contributed by atoms with E-state index in [0.29, 0.717) is 18.6 Å². The van der Waals surface area contributed by atoms with Crippen LogP contribution < -0.4 is 0 Å². The van der Waals surface area contributed by atoms with Gasteiger partial charge in [0.15, 0.2) is 0 Å². The summed E-state index contributed by atoms with van der Waals surface area (Å²) in [6, 6.07) is 1.42. The Morgan fingerprint density at radius 1 is 1.42 bits per heavy atom. The fourth-order valence-electron chi connectivity index (χ4n) is 2.86. The first-order chi connectivity index (χ1) is 5.83. The van der Waals surface area contributed by atoms with Gasteiger partial charge in [0.05, 0.1) is 0 Å². The monoisotopic (exact) mass is 169 g/mol. The van der Waals surface area contributed by atoms with Gasteiger partial charge in [-0.05, 0) is 38.6 Å². The Kier molecular flexibility index (Phi) is 2.37. The van der Waals surface area contributed by atoms with E-state index in [-0.39, 0.29) is 0 Å². The number of piperidine rings is 1. The van der Waals surface area contributed by atoms with E-state index in [1.165, 1.54) is 32.2 Å². The van der Waals surface area contributed by atoms with E-state index in [9.17, 15) is 0 Å². The molecule has 0 spiro atoms. The van der Waals surface area contributed by atoms with Crippen molar-refractivity contribution in [2.45, 2.75) is 44.7 Å². The third-order valence-corrected chi connectivity index (χ3v) is 3.69. The molecule has 0 aliphatic carbocycles. The molecule has 0 aromatic carbocycles. The number of fused-ring (bicyclic) bond motifs is 1. The number of rotatable bonds is 1. The van der Waals surface area contributed by atoms with Crippen LogP contribution in [0.3, 0.4) is 0 Å². The molecule has 0 aromatic rings. The molecule has 0 radical (unpaired) electrons. The number of nitrogens with zero attached hydrogens (tertiary/aromatic N) is 1. The van der Waals surface area contributed by atoms with Gasteiger partial charge in [-0.25, -0.2) is 0 Å². The third-order valence-electron chi connectivity index (χ3n) is 3.69. The Hall–Kier alpha value is -0.0800. The summed E-state index contributed by atoms with van der Waals surface area (Å²) in [7, 11) is 0. The fourth-order valence-corrected chi connectivity index (χ4v) is 2.86. The predicted molar refractivity (Wildman–Crippen MR) is 49.0 cm³/mol. The second kappa shape index (κ2) is 3.35. The standard InChI is InChI=1S/C10H19NO/c1-8-9(7-12)6-10-4-2-3-5-11(8)10/h8-10,12H,2-7H2,1H3. The van der Waals surface area contributed by atoms with Gasteiger partial charge in [0.1, 0.15) is 0 Å². The molecule has 2 aliphatic heterocycles. The van der Waals surface area contributed by atoms with Crippen LogP contribution in [-0.2, 0) is 0 Å². The minimum atomic E-state index is 0.383. The van der Waals surface area contributed by atoms with Crippen LogP contribution in [0.1, 0.15) is 32.6 Å². The van der Waals surface area contributed by atoms with Crippen LogP contribution in [-0.4, -0.2) is 35.2 Å². The molecular weight excluding hydrogens is 150 g/mol. The normalized spacial score (nSPS) is 43.0. The molecule has 0 saturated carbocycles. The summed E-state index contributed by atoms with van der Waals surface area (Å²) in [6.07, 6.45) is 5.35. The van der Waals surface area contributed by atoms with Gasteiger partial charge in [-0.2, -0.15) is 0 Å². The first-order valence-corrected chi connectivity index (χ1v) is 5.19. The van der Waals surface area contributed by atoms with Gasteiger partial charge in [0, 0.05) is 18.7 Å². The van der Waals surface area contributed by atoms with Gasteiger partial charge in [-0.15, -0.1) is 0 Å². The van der Waals surface area contributed by atoms with Crippen molar-refractivity contribution < 1.29 is 5.11 Å². The highest BCUT2D eigenvalue weighted by Crippen LogP contribution is 2.34. The number of aliphatic hydroxyl groups is 1. The summed E-state index contributed by atoms with van der Waals surface area (Å²) in [5.74, 6) is 0.549. The third kappa shape index (κ3) is 1.27. The lowest BCUT2D eigenvalue weighted by molar-refractivity contribution is 0.136. The molecule has 2 heteroatoms. The minimum Gasteiger partial charge on any atom is -0.396 e. The van der Waals surface area contributed by atoms with Gasteiger partial charge in [0.25, 0.3) is 0 Å². The first kappa shape index (κ1) is 8.52. The minimum absolute atomic E-state index is 0.383. The van der Waals surface area contributed by atoms with Crippen LogP contribution in [0.2, 0.25) is 0 Å². The quantitative estimate of drug-likeness (QED) is 0.638. The lowest BCUT2D eigenvalue weighted by Gasteiger charge is -2.32. The van der Waals surface area contributed by atoms with Crippen LogP contribution in [0, 0.1) is 5.92 Å². The Morgan fingerprint density at radius 2 is 2.25 bits per heavy atom. The van der Waals surface area contributed by atoms with Crippen LogP contribution in [0.5, 0.6) is 0 Å². The van der Waals surface area contributed by atoms with Gasteiger partial charge in [0.2, 0.25) is 0 Å². The molecule has 2 fully saturated rings. The second-order valence-corrected chi connectivity index (χ2v) is 4.31. The molecule has 3 unspecified atom stereocenters. The number of hydrogen-bond acceptors (Lipinski definition) is 2. The molecule has 70 valence electrons. The molecule has 1 N–H and O–H groups in total. The highest BCUT2D eigenvalue weighted by Gasteiger charge is 2.38. The van der Waals surface area contributed by atoms with E-state index in [1.807, 2.05) is 0 Å². The summed E-state index contributed by atoms with van der Waals surface area (Å²) in [5, 5.41) is 9.16. The van der Waals surface area contributed by atoms with E-state index < -0.39 is 0 Å². The van der Waals surface area contributed by atoms with Gasteiger partial charge in [-0.1, -0.05) is 6.42 Å². The SMILES string of the molecule is CC1C(CO)CC2CCCCN21. The summed E-state index contributed by atoms with van der Waals surface area (Å²) >= 11 is 0. The Bertz CT molecular complexity index is 158. The molecule has 2 saturated heterocycles. The van der Waals surface area contributed by atoms with Crippen LogP contribution in [0.25, 0.3) is 0 Å². The topological polar surface area (TPSA) is 23.5 Å². The zero-order chi connectivity index (χ0) is 8.55. The molecule has 2 nitrogen and oxygen atoms in total. The Balaban J connectivity index is 2.03. The van der Waals surface area contributed by atoms with Crippen molar-refractivity contribution in [3.8, 4) is 0 Å². The van der Waals surface area contributed by atoms with Crippen molar-refractivity contribution in [2.75, 3.05) is 13.2 Å². The number of hydrogen-bond donors (Lipinski definition) is 1. The molecule has 2 heterocycles. The zero-order valence-corrected chi connectivity index (χ0v) is 7.87. The molecule has 0 bridgehead atoms. The fraction of sp³-hybridized carbons (Fsp3) is 1.00. The van der Waals surface area contributed by atoms with E-state index in [2.05, 4.69) is 11.8 Å². The van der Waals surface area contributed by atoms with Crippen molar-refractivity contribution in [3.63, 3.8) is 0 Å². The predicted octanol–water partition coefficient (Wildman–Crippen LogP) is 1.24. The van der Waals surface area contributed by atoms with E-state index in [0.717, 1.165) is 6.04 Å². The van der Waals surface area contributed by atoms with Gasteiger partial charge in [-0.3, -0.25) is 4.90 Å². The summed E-state index contributed by atoms with van der Waals surface area (Å²) < 4.78 is 0. The van der Waals surface area contributed by atoms with Crippen molar-refractivity contribution in [3.05, 3.63) is 0 Å². The zero-order valence-electron chi connectivity index (χ0n) is 7.87.